The molecule has 0 saturated carbocycles. The number of hydrogen-bond donors (Lipinski definition) is 0. The fourth-order valence-electron chi connectivity index (χ4n) is 5.97. The molecular formula is C31H45N5. The number of fused-ring (bicyclic) bond motifs is 1. The average Bonchev–Trinajstić information content (AvgIpc) is 3.14. The molecule has 0 spiro atoms. The largest absolute Gasteiger partial charge is 0.345 e. The summed E-state index contributed by atoms with van der Waals surface area (Å²) in [5.74, 6) is 0. The minimum Gasteiger partial charge on any atom is -0.345 e. The van der Waals surface area contributed by atoms with Gasteiger partial charge in [-0.25, -0.2) is 0 Å². The Hall–Kier alpha value is -2.18. The van der Waals surface area contributed by atoms with Crippen molar-refractivity contribution < 1.29 is 0 Å². The zero-order chi connectivity index (χ0) is 24.9. The quantitative estimate of drug-likeness (QED) is 0.449. The fourth-order valence-corrected chi connectivity index (χ4v) is 5.97. The van der Waals surface area contributed by atoms with E-state index in [1.807, 2.05) is 0 Å². The van der Waals surface area contributed by atoms with Crippen molar-refractivity contribution in [2.45, 2.75) is 39.8 Å². The van der Waals surface area contributed by atoms with E-state index >= 15 is 0 Å². The number of nitrogens with zero attached hydrogens (tertiary/aromatic N) is 5. The van der Waals surface area contributed by atoms with E-state index in [4.69, 9.17) is 0 Å². The van der Waals surface area contributed by atoms with Crippen LogP contribution in [0.4, 0.5) is 0 Å². The van der Waals surface area contributed by atoms with Gasteiger partial charge in [-0.15, -0.1) is 0 Å². The summed E-state index contributed by atoms with van der Waals surface area (Å²) in [6.45, 7) is 18.7. The summed E-state index contributed by atoms with van der Waals surface area (Å²) >= 11 is 0. The molecule has 2 fully saturated rings. The molecule has 0 amide bonds. The van der Waals surface area contributed by atoms with Crippen LogP contribution in [0.1, 0.15) is 28.8 Å². The van der Waals surface area contributed by atoms with E-state index in [0.29, 0.717) is 0 Å². The number of aromatic nitrogens is 1. The lowest BCUT2D eigenvalue weighted by molar-refractivity contribution is 0.128. The summed E-state index contributed by atoms with van der Waals surface area (Å²) in [5.41, 5.74) is 7.21. The van der Waals surface area contributed by atoms with Crippen LogP contribution < -0.4 is 0 Å². The second-order valence-electron chi connectivity index (χ2n) is 11.1. The third-order valence-corrected chi connectivity index (χ3v) is 8.59. The van der Waals surface area contributed by atoms with E-state index < -0.39 is 0 Å². The number of rotatable bonds is 9. The van der Waals surface area contributed by atoms with Crippen LogP contribution in [0, 0.1) is 13.8 Å². The Balaban J connectivity index is 1.13. The normalized spacial score (nSPS) is 18.9. The molecule has 36 heavy (non-hydrogen) atoms. The maximum atomic E-state index is 2.63. The molecule has 0 unspecified atom stereocenters. The average molecular weight is 488 g/mol. The molecule has 0 bridgehead atoms. The molecule has 3 heterocycles. The molecule has 0 radical (unpaired) electrons. The Morgan fingerprint density at radius 2 is 1.33 bits per heavy atom. The number of likely N-dealkylation sites (N-methyl/N-ethyl adjacent to an activating group) is 1. The highest BCUT2D eigenvalue weighted by atomic mass is 15.3. The maximum absolute atomic E-state index is 2.63. The van der Waals surface area contributed by atoms with Crippen LogP contribution in [0.2, 0.25) is 0 Å². The van der Waals surface area contributed by atoms with Crippen LogP contribution in [0.3, 0.4) is 0 Å². The fraction of sp³-hybridized carbons (Fsp3) is 0.548. The third kappa shape index (κ3) is 6.20. The minimum absolute atomic E-state index is 1.07. The maximum Gasteiger partial charge on any atom is 0.0485 e. The van der Waals surface area contributed by atoms with Gasteiger partial charge in [-0.05, 0) is 69.1 Å². The molecule has 1 aromatic heterocycles. The van der Waals surface area contributed by atoms with Gasteiger partial charge in [0.2, 0.25) is 0 Å². The molecule has 5 heteroatoms. The molecule has 3 aromatic rings. The van der Waals surface area contributed by atoms with Crippen LogP contribution in [0.5, 0.6) is 0 Å². The van der Waals surface area contributed by atoms with Gasteiger partial charge in [0.05, 0.1) is 0 Å². The molecule has 2 aliphatic rings. The summed E-state index contributed by atoms with van der Waals surface area (Å²) in [4.78, 5) is 10.3. The van der Waals surface area contributed by atoms with Crippen molar-refractivity contribution in [2.75, 3.05) is 72.5 Å². The standard InChI is InChI=1S/C31H45N5/c1-26-27(2)36(14-7-13-33-18-16-32(3)17-19-33)31-11-10-29(24-30(26)31)25-35-22-20-34(21-23-35)15-12-28-8-5-4-6-9-28/h4-6,8-11,24H,7,12-23,25H2,1-3H3. The molecule has 0 aliphatic carbocycles. The number of hydrogen-bond acceptors (Lipinski definition) is 4. The summed E-state index contributed by atoms with van der Waals surface area (Å²) in [5, 5.41) is 1.45. The van der Waals surface area contributed by atoms with E-state index in [0.717, 1.165) is 32.6 Å². The minimum atomic E-state index is 1.07. The third-order valence-electron chi connectivity index (χ3n) is 8.59. The highest BCUT2D eigenvalue weighted by molar-refractivity contribution is 5.86. The first-order valence-corrected chi connectivity index (χ1v) is 14.0. The van der Waals surface area contributed by atoms with E-state index in [9.17, 15) is 0 Å². The van der Waals surface area contributed by atoms with Gasteiger partial charge in [0.1, 0.15) is 0 Å². The first-order valence-electron chi connectivity index (χ1n) is 14.0. The van der Waals surface area contributed by atoms with Gasteiger partial charge in [-0.1, -0.05) is 36.4 Å². The Labute approximate surface area is 218 Å². The molecule has 5 nitrogen and oxygen atoms in total. The van der Waals surface area contributed by atoms with Gasteiger partial charge in [0.15, 0.2) is 0 Å². The van der Waals surface area contributed by atoms with Crippen molar-refractivity contribution in [3.05, 3.63) is 70.9 Å². The van der Waals surface area contributed by atoms with Gasteiger partial charge in [0.25, 0.3) is 0 Å². The zero-order valence-corrected chi connectivity index (χ0v) is 22.8. The molecule has 5 rings (SSSR count). The van der Waals surface area contributed by atoms with E-state index in [1.165, 1.54) is 92.1 Å². The second-order valence-corrected chi connectivity index (χ2v) is 11.1. The van der Waals surface area contributed by atoms with Gasteiger partial charge < -0.3 is 19.3 Å². The Bertz CT molecular complexity index is 1100. The van der Waals surface area contributed by atoms with Crippen LogP contribution in [0.15, 0.2) is 48.5 Å². The molecule has 2 saturated heterocycles. The Morgan fingerprint density at radius 3 is 2.08 bits per heavy atom. The molecular weight excluding hydrogens is 442 g/mol. The first-order chi connectivity index (χ1) is 17.6. The van der Waals surface area contributed by atoms with E-state index in [-0.39, 0.29) is 0 Å². The summed E-state index contributed by atoms with van der Waals surface area (Å²) < 4.78 is 2.57. The first kappa shape index (κ1) is 25.5. The lowest BCUT2D eigenvalue weighted by Gasteiger charge is -2.34. The molecule has 0 atom stereocenters. The van der Waals surface area contributed by atoms with Crippen molar-refractivity contribution in [1.82, 2.24) is 24.2 Å². The highest BCUT2D eigenvalue weighted by Crippen LogP contribution is 2.27. The van der Waals surface area contributed by atoms with Crippen LogP contribution >= 0.6 is 0 Å². The topological polar surface area (TPSA) is 17.9 Å². The number of aryl methyl sites for hydroxylation is 2. The van der Waals surface area contributed by atoms with Crippen molar-refractivity contribution in [3.63, 3.8) is 0 Å². The monoisotopic (exact) mass is 487 g/mol. The molecule has 2 aliphatic heterocycles. The van der Waals surface area contributed by atoms with Crippen molar-refractivity contribution in [1.29, 1.82) is 0 Å². The van der Waals surface area contributed by atoms with Crippen LogP contribution in [-0.4, -0.2) is 96.7 Å². The van der Waals surface area contributed by atoms with E-state index in [2.05, 4.69) is 93.6 Å². The highest BCUT2D eigenvalue weighted by Gasteiger charge is 2.18. The lowest BCUT2D eigenvalue weighted by atomic mass is 10.1. The molecule has 0 N–H and O–H groups in total. The van der Waals surface area contributed by atoms with Crippen molar-refractivity contribution in [2.24, 2.45) is 0 Å². The number of benzene rings is 2. The zero-order valence-electron chi connectivity index (χ0n) is 22.8. The second kappa shape index (κ2) is 11.9. The van der Waals surface area contributed by atoms with E-state index in [1.54, 1.807) is 0 Å². The summed E-state index contributed by atoms with van der Waals surface area (Å²) in [6, 6.07) is 18.1. The smallest absolute Gasteiger partial charge is 0.0485 e. The van der Waals surface area contributed by atoms with Gasteiger partial charge in [-0.2, -0.15) is 0 Å². The van der Waals surface area contributed by atoms with Gasteiger partial charge in [0, 0.05) is 88.6 Å². The lowest BCUT2D eigenvalue weighted by Crippen LogP contribution is -2.46. The summed E-state index contributed by atoms with van der Waals surface area (Å²) in [7, 11) is 2.23. The SMILES string of the molecule is Cc1c(C)n(CCCN2CCN(C)CC2)c2ccc(CN3CCN(CCc4ccccc4)CC3)cc12. The van der Waals surface area contributed by atoms with Crippen molar-refractivity contribution in [3.8, 4) is 0 Å². The predicted octanol–water partition coefficient (Wildman–Crippen LogP) is 4.26. The van der Waals surface area contributed by atoms with Gasteiger partial charge in [-0.3, -0.25) is 4.90 Å². The Kier molecular flexibility index (Phi) is 8.43. The molecule has 194 valence electrons. The van der Waals surface area contributed by atoms with Crippen molar-refractivity contribution >= 4 is 10.9 Å². The van der Waals surface area contributed by atoms with Crippen LogP contribution in [-0.2, 0) is 19.5 Å². The Morgan fingerprint density at radius 1 is 0.667 bits per heavy atom. The van der Waals surface area contributed by atoms with Gasteiger partial charge >= 0.3 is 0 Å². The van der Waals surface area contributed by atoms with Crippen LogP contribution in [0.25, 0.3) is 10.9 Å². The number of piperazine rings is 2. The molecule has 2 aromatic carbocycles. The predicted molar refractivity (Wildman–Crippen MR) is 152 cm³/mol. The summed E-state index contributed by atoms with van der Waals surface area (Å²) in [6.07, 6.45) is 2.38.